The van der Waals surface area contributed by atoms with Crippen molar-refractivity contribution in [3.05, 3.63) is 28.2 Å². The summed E-state index contributed by atoms with van der Waals surface area (Å²) in [6, 6.07) is 5.16. The second-order valence-electron chi connectivity index (χ2n) is 5.88. The SMILES string of the molecule is C[C@H]1CCCC[C@H]1NC(=S)NNC(=O)COc1ccc(Cl)cc1Cl. The Morgan fingerprint density at radius 2 is 2.04 bits per heavy atom. The van der Waals surface area contributed by atoms with Crippen molar-refractivity contribution in [2.45, 2.75) is 38.6 Å². The zero-order chi connectivity index (χ0) is 17.5. The van der Waals surface area contributed by atoms with Gasteiger partial charge in [-0.1, -0.05) is 43.0 Å². The molecule has 132 valence electrons. The van der Waals surface area contributed by atoms with E-state index in [0.29, 0.717) is 32.9 Å². The van der Waals surface area contributed by atoms with E-state index < -0.39 is 0 Å². The predicted octanol–water partition coefficient (Wildman–Crippen LogP) is 3.45. The zero-order valence-corrected chi connectivity index (χ0v) is 15.7. The number of amides is 1. The molecule has 0 saturated heterocycles. The maximum absolute atomic E-state index is 11.8. The Morgan fingerprint density at radius 1 is 1.29 bits per heavy atom. The number of nitrogens with one attached hydrogen (secondary N) is 3. The molecule has 3 N–H and O–H groups in total. The van der Waals surface area contributed by atoms with Crippen LogP contribution in [0.2, 0.25) is 10.0 Å². The summed E-state index contributed by atoms with van der Waals surface area (Å²) in [5, 5.41) is 4.51. The largest absolute Gasteiger partial charge is 0.482 e. The van der Waals surface area contributed by atoms with E-state index >= 15 is 0 Å². The Hall–Kier alpha value is -1.24. The number of hydrazine groups is 1. The van der Waals surface area contributed by atoms with Crippen LogP contribution in [0.5, 0.6) is 5.75 Å². The Bertz CT molecular complexity index is 601. The highest BCUT2D eigenvalue weighted by atomic mass is 35.5. The van der Waals surface area contributed by atoms with Crippen LogP contribution in [0.1, 0.15) is 32.6 Å². The van der Waals surface area contributed by atoms with E-state index in [2.05, 4.69) is 23.1 Å². The molecule has 1 saturated carbocycles. The molecule has 1 fully saturated rings. The first-order valence-corrected chi connectivity index (χ1v) is 9.05. The van der Waals surface area contributed by atoms with Gasteiger partial charge in [-0.15, -0.1) is 0 Å². The van der Waals surface area contributed by atoms with Gasteiger partial charge in [0.05, 0.1) is 5.02 Å². The van der Waals surface area contributed by atoms with Crippen molar-refractivity contribution < 1.29 is 9.53 Å². The molecule has 2 atom stereocenters. The molecular weight excluding hydrogens is 369 g/mol. The fourth-order valence-electron chi connectivity index (χ4n) is 2.63. The number of carbonyl (C=O) groups is 1. The minimum atomic E-state index is -0.359. The normalized spacial score (nSPS) is 20.1. The molecule has 1 amide bonds. The van der Waals surface area contributed by atoms with Crippen molar-refractivity contribution in [3.63, 3.8) is 0 Å². The highest BCUT2D eigenvalue weighted by molar-refractivity contribution is 7.80. The van der Waals surface area contributed by atoms with Crippen molar-refractivity contribution in [1.29, 1.82) is 0 Å². The Balaban J connectivity index is 1.69. The maximum atomic E-state index is 11.8. The predicted molar refractivity (Wildman–Crippen MR) is 100 cm³/mol. The minimum absolute atomic E-state index is 0.184. The average Bonchev–Trinajstić information content (AvgIpc) is 2.54. The number of thiocarbonyl (C=S) groups is 1. The average molecular weight is 390 g/mol. The topological polar surface area (TPSA) is 62.4 Å². The summed E-state index contributed by atoms with van der Waals surface area (Å²) >= 11 is 17.0. The monoisotopic (exact) mass is 389 g/mol. The smallest absolute Gasteiger partial charge is 0.276 e. The van der Waals surface area contributed by atoms with E-state index in [4.69, 9.17) is 40.2 Å². The highest BCUT2D eigenvalue weighted by Crippen LogP contribution is 2.27. The van der Waals surface area contributed by atoms with E-state index in [1.54, 1.807) is 18.2 Å². The van der Waals surface area contributed by atoms with Crippen molar-refractivity contribution in [1.82, 2.24) is 16.2 Å². The molecule has 0 bridgehead atoms. The van der Waals surface area contributed by atoms with Crippen LogP contribution in [0.3, 0.4) is 0 Å². The van der Waals surface area contributed by atoms with Crippen molar-refractivity contribution in [2.24, 2.45) is 5.92 Å². The molecule has 0 spiro atoms. The summed E-state index contributed by atoms with van der Waals surface area (Å²) in [4.78, 5) is 11.8. The van der Waals surface area contributed by atoms with Gasteiger partial charge >= 0.3 is 0 Å². The third-order valence-corrected chi connectivity index (χ3v) is 4.75. The van der Waals surface area contributed by atoms with Crippen LogP contribution in [0.4, 0.5) is 0 Å². The lowest BCUT2D eigenvalue weighted by Gasteiger charge is -2.30. The first-order chi connectivity index (χ1) is 11.5. The van der Waals surface area contributed by atoms with Gasteiger partial charge in [0.15, 0.2) is 11.7 Å². The highest BCUT2D eigenvalue weighted by Gasteiger charge is 2.21. The molecule has 24 heavy (non-hydrogen) atoms. The molecule has 0 aromatic heterocycles. The van der Waals surface area contributed by atoms with Gasteiger partial charge in [-0.25, -0.2) is 0 Å². The van der Waals surface area contributed by atoms with Gasteiger partial charge in [-0.05, 0) is 49.2 Å². The zero-order valence-electron chi connectivity index (χ0n) is 13.4. The molecule has 1 aliphatic carbocycles. The molecule has 1 aliphatic rings. The number of hydrogen-bond donors (Lipinski definition) is 3. The fourth-order valence-corrected chi connectivity index (χ4v) is 3.30. The minimum Gasteiger partial charge on any atom is -0.482 e. The summed E-state index contributed by atoms with van der Waals surface area (Å²) in [5.74, 6) is 0.611. The van der Waals surface area contributed by atoms with Crippen LogP contribution >= 0.6 is 35.4 Å². The molecule has 0 heterocycles. The van der Waals surface area contributed by atoms with Gasteiger partial charge in [0.1, 0.15) is 5.75 Å². The molecule has 2 rings (SSSR count). The van der Waals surface area contributed by atoms with E-state index in [-0.39, 0.29) is 12.5 Å². The molecule has 0 radical (unpaired) electrons. The lowest BCUT2D eigenvalue weighted by Crippen LogP contribution is -2.52. The number of rotatable bonds is 4. The number of ether oxygens (including phenoxy) is 1. The molecule has 1 aromatic rings. The van der Waals surface area contributed by atoms with Crippen LogP contribution in [0.25, 0.3) is 0 Å². The van der Waals surface area contributed by atoms with Gasteiger partial charge < -0.3 is 10.1 Å². The first-order valence-electron chi connectivity index (χ1n) is 7.89. The van der Waals surface area contributed by atoms with Crippen molar-refractivity contribution in [2.75, 3.05) is 6.61 Å². The fraction of sp³-hybridized carbons (Fsp3) is 0.500. The summed E-state index contributed by atoms with van der Waals surface area (Å²) in [6.07, 6.45) is 4.75. The maximum Gasteiger partial charge on any atom is 0.276 e. The lowest BCUT2D eigenvalue weighted by molar-refractivity contribution is -0.123. The van der Waals surface area contributed by atoms with Crippen molar-refractivity contribution in [3.8, 4) is 5.75 Å². The van der Waals surface area contributed by atoms with Crippen LogP contribution in [-0.2, 0) is 4.79 Å². The van der Waals surface area contributed by atoms with Crippen LogP contribution < -0.4 is 20.9 Å². The lowest BCUT2D eigenvalue weighted by atomic mass is 9.86. The Morgan fingerprint density at radius 3 is 2.75 bits per heavy atom. The molecule has 5 nitrogen and oxygen atoms in total. The second-order valence-corrected chi connectivity index (χ2v) is 7.13. The van der Waals surface area contributed by atoms with Gasteiger partial charge in [-0.3, -0.25) is 15.6 Å². The summed E-state index contributed by atoms with van der Waals surface area (Å²) < 4.78 is 5.35. The molecule has 1 aromatic carbocycles. The quantitative estimate of drug-likeness (QED) is 0.543. The molecule has 0 aliphatic heterocycles. The van der Waals surface area contributed by atoms with Crippen LogP contribution in [0.15, 0.2) is 18.2 Å². The molecule has 0 unspecified atom stereocenters. The third-order valence-electron chi connectivity index (χ3n) is 4.00. The van der Waals surface area contributed by atoms with Gasteiger partial charge in [-0.2, -0.15) is 0 Å². The van der Waals surface area contributed by atoms with E-state index in [1.807, 2.05) is 0 Å². The van der Waals surface area contributed by atoms with Crippen LogP contribution in [-0.4, -0.2) is 23.7 Å². The Labute approximate surface area is 157 Å². The third kappa shape index (κ3) is 6.00. The first kappa shape index (κ1) is 19.1. The number of halogens is 2. The number of hydrogen-bond acceptors (Lipinski definition) is 3. The standard InChI is InChI=1S/C16H21Cl2N3O2S/c1-10-4-2-3-5-13(10)19-16(24)21-20-15(22)9-23-14-7-6-11(17)8-12(14)18/h6-8,10,13H,2-5,9H2,1H3,(H,20,22)(H2,19,21,24)/t10-,13+/m0/s1. The summed E-state index contributed by atoms with van der Waals surface area (Å²) in [5.41, 5.74) is 5.20. The van der Waals surface area contributed by atoms with E-state index in [0.717, 1.165) is 6.42 Å². The molecule has 8 heteroatoms. The number of benzene rings is 1. The number of carbonyl (C=O) groups excluding carboxylic acids is 1. The van der Waals surface area contributed by atoms with Gasteiger partial charge in [0.2, 0.25) is 0 Å². The summed E-state index contributed by atoms with van der Waals surface area (Å²) in [6.45, 7) is 2.03. The molecular formula is C16H21Cl2N3O2S. The van der Waals surface area contributed by atoms with Gasteiger partial charge in [0, 0.05) is 11.1 Å². The van der Waals surface area contributed by atoms with E-state index in [9.17, 15) is 4.79 Å². The van der Waals surface area contributed by atoms with Crippen molar-refractivity contribution >= 4 is 46.4 Å². The van der Waals surface area contributed by atoms with Crippen LogP contribution in [0, 0.1) is 5.92 Å². The summed E-state index contributed by atoms with van der Waals surface area (Å²) in [7, 11) is 0. The van der Waals surface area contributed by atoms with E-state index in [1.165, 1.54) is 19.3 Å². The Kier molecular flexibility index (Phi) is 7.40. The van der Waals surface area contributed by atoms with Gasteiger partial charge in [0.25, 0.3) is 5.91 Å². The second kappa shape index (κ2) is 9.30.